The predicted octanol–water partition coefficient (Wildman–Crippen LogP) is 3.27. The largest absolute Gasteiger partial charge is 0.374 e. The van der Waals surface area contributed by atoms with Crippen LogP contribution in [0.15, 0.2) is 24.3 Å². The molecule has 3 nitrogen and oxygen atoms in total. The van der Waals surface area contributed by atoms with Crippen LogP contribution in [0.25, 0.3) is 0 Å². The third-order valence-corrected chi connectivity index (χ3v) is 4.23. The van der Waals surface area contributed by atoms with Crippen molar-refractivity contribution in [3.63, 3.8) is 0 Å². The molecule has 1 saturated carbocycles. The van der Waals surface area contributed by atoms with Gasteiger partial charge >= 0.3 is 0 Å². The van der Waals surface area contributed by atoms with Gasteiger partial charge in [0.25, 0.3) is 0 Å². The average Bonchev–Trinajstić information content (AvgIpc) is 2.29. The fourth-order valence-electron chi connectivity index (χ4n) is 2.99. The van der Waals surface area contributed by atoms with Gasteiger partial charge in [0.15, 0.2) is 0 Å². The Bertz CT molecular complexity index is 413. The van der Waals surface area contributed by atoms with E-state index in [4.69, 9.17) is 10.6 Å². The molecule has 2 rings (SSSR count). The van der Waals surface area contributed by atoms with Gasteiger partial charge in [-0.25, -0.2) is 0 Å². The van der Waals surface area contributed by atoms with E-state index in [0.29, 0.717) is 12.5 Å². The third-order valence-electron chi connectivity index (χ3n) is 4.23. The summed E-state index contributed by atoms with van der Waals surface area (Å²) in [6.07, 6.45) is 3.93. The van der Waals surface area contributed by atoms with Crippen LogP contribution in [0, 0.1) is 0 Å². The Morgan fingerprint density at radius 1 is 1.37 bits per heavy atom. The summed E-state index contributed by atoms with van der Waals surface area (Å²) in [5.74, 6) is 6.52. The zero-order chi connectivity index (χ0) is 13.9. The van der Waals surface area contributed by atoms with Gasteiger partial charge in [-0.3, -0.25) is 11.3 Å². The highest BCUT2D eigenvalue weighted by molar-refractivity contribution is 5.35. The van der Waals surface area contributed by atoms with E-state index in [-0.39, 0.29) is 11.6 Å². The Kier molecular flexibility index (Phi) is 4.61. The minimum absolute atomic E-state index is 0.0178. The second-order valence-corrected chi connectivity index (χ2v) is 5.89. The summed E-state index contributed by atoms with van der Waals surface area (Å²) < 4.78 is 5.88. The van der Waals surface area contributed by atoms with Crippen LogP contribution in [0.1, 0.15) is 63.1 Å². The lowest BCUT2D eigenvalue weighted by atomic mass is 9.75. The van der Waals surface area contributed by atoms with E-state index >= 15 is 0 Å². The number of nitrogens with two attached hydrogens (primary N) is 1. The molecule has 1 unspecified atom stereocenters. The smallest absolute Gasteiger partial charge is 0.0833 e. The molecule has 0 aliphatic heterocycles. The average molecular weight is 262 g/mol. The van der Waals surface area contributed by atoms with Crippen molar-refractivity contribution in [1.29, 1.82) is 0 Å². The summed E-state index contributed by atoms with van der Waals surface area (Å²) in [6.45, 7) is 6.90. The van der Waals surface area contributed by atoms with Gasteiger partial charge in [-0.05, 0) is 50.7 Å². The number of ether oxygens (including phenoxy) is 1. The monoisotopic (exact) mass is 262 g/mol. The van der Waals surface area contributed by atoms with E-state index < -0.39 is 0 Å². The van der Waals surface area contributed by atoms with Gasteiger partial charge in [0.1, 0.15) is 0 Å². The second kappa shape index (κ2) is 6.04. The predicted molar refractivity (Wildman–Crippen MR) is 78.8 cm³/mol. The first-order valence-corrected chi connectivity index (χ1v) is 7.29. The normalized spacial score (nSPS) is 18.1. The molecule has 0 spiro atoms. The van der Waals surface area contributed by atoms with Crippen LogP contribution in [0.5, 0.6) is 0 Å². The summed E-state index contributed by atoms with van der Waals surface area (Å²) in [7, 11) is 0. The first kappa shape index (κ1) is 14.5. The maximum atomic E-state index is 5.88. The van der Waals surface area contributed by atoms with Gasteiger partial charge < -0.3 is 4.74 Å². The molecule has 0 amide bonds. The second-order valence-electron chi connectivity index (χ2n) is 5.89. The fraction of sp³-hybridized carbons (Fsp3) is 0.625. The number of hydrogen-bond acceptors (Lipinski definition) is 3. The van der Waals surface area contributed by atoms with Crippen molar-refractivity contribution in [2.24, 2.45) is 5.84 Å². The van der Waals surface area contributed by atoms with E-state index in [9.17, 15) is 0 Å². The van der Waals surface area contributed by atoms with Crippen LogP contribution in [0.4, 0.5) is 0 Å². The lowest BCUT2D eigenvalue weighted by molar-refractivity contribution is -0.0396. The molecule has 1 aromatic carbocycles. The molecule has 0 radical (unpaired) electrons. The van der Waals surface area contributed by atoms with Gasteiger partial charge in [0, 0.05) is 6.61 Å². The number of rotatable bonds is 6. The molecule has 3 heteroatoms. The fourth-order valence-corrected chi connectivity index (χ4v) is 2.99. The highest BCUT2D eigenvalue weighted by Crippen LogP contribution is 2.41. The van der Waals surface area contributed by atoms with Gasteiger partial charge in [0.05, 0.1) is 11.6 Å². The zero-order valence-electron chi connectivity index (χ0n) is 12.3. The molecule has 1 aromatic rings. The Balaban J connectivity index is 2.32. The minimum Gasteiger partial charge on any atom is -0.374 e. The lowest BCUT2D eigenvalue weighted by Gasteiger charge is -2.37. The molecule has 1 aliphatic carbocycles. The highest BCUT2D eigenvalue weighted by Gasteiger charge is 2.34. The Hall–Kier alpha value is -0.900. The molecule has 106 valence electrons. The molecule has 0 aromatic heterocycles. The summed E-state index contributed by atoms with van der Waals surface area (Å²) in [5.41, 5.74) is 5.37. The van der Waals surface area contributed by atoms with Gasteiger partial charge in [-0.15, -0.1) is 0 Å². The lowest BCUT2D eigenvalue weighted by Crippen LogP contribution is -2.45. The van der Waals surface area contributed by atoms with Crippen molar-refractivity contribution >= 4 is 0 Å². The number of nitrogens with one attached hydrogen (secondary N) is 1. The minimum atomic E-state index is -0.316. The molecular formula is C16H26N2O. The van der Waals surface area contributed by atoms with Gasteiger partial charge in [-0.2, -0.15) is 0 Å². The maximum Gasteiger partial charge on any atom is 0.0833 e. The van der Waals surface area contributed by atoms with Crippen molar-refractivity contribution in [1.82, 2.24) is 5.43 Å². The Morgan fingerprint density at radius 2 is 2.05 bits per heavy atom. The Labute approximate surface area is 116 Å². The summed E-state index contributed by atoms with van der Waals surface area (Å²) in [5, 5.41) is 0. The van der Waals surface area contributed by atoms with Crippen molar-refractivity contribution < 1.29 is 4.74 Å². The Morgan fingerprint density at radius 3 is 2.58 bits per heavy atom. The number of hydrazine groups is 1. The van der Waals surface area contributed by atoms with Crippen LogP contribution in [-0.4, -0.2) is 12.2 Å². The van der Waals surface area contributed by atoms with E-state index in [0.717, 1.165) is 0 Å². The summed E-state index contributed by atoms with van der Waals surface area (Å²) >= 11 is 0. The van der Waals surface area contributed by atoms with Gasteiger partial charge in [-0.1, -0.05) is 30.7 Å². The van der Waals surface area contributed by atoms with Crippen LogP contribution in [0.2, 0.25) is 0 Å². The molecule has 3 N–H and O–H groups in total. The quantitative estimate of drug-likeness (QED) is 0.611. The van der Waals surface area contributed by atoms with Crippen LogP contribution >= 0.6 is 0 Å². The number of hydrogen-bond donors (Lipinski definition) is 2. The van der Waals surface area contributed by atoms with E-state index in [1.807, 2.05) is 6.92 Å². The van der Waals surface area contributed by atoms with Crippen molar-refractivity contribution in [2.45, 2.75) is 57.6 Å². The van der Waals surface area contributed by atoms with Crippen LogP contribution in [-0.2, 0) is 4.74 Å². The topological polar surface area (TPSA) is 47.3 Å². The van der Waals surface area contributed by atoms with E-state index in [1.54, 1.807) is 0 Å². The summed E-state index contributed by atoms with van der Waals surface area (Å²) in [6, 6.07) is 8.65. The highest BCUT2D eigenvalue weighted by atomic mass is 16.5. The van der Waals surface area contributed by atoms with Crippen molar-refractivity contribution in [3.05, 3.63) is 35.4 Å². The van der Waals surface area contributed by atoms with E-state index in [1.165, 1.54) is 30.4 Å². The maximum absolute atomic E-state index is 5.88. The SMILES string of the molecule is CCOC(C)(C)C(NN)c1ccccc1C1CCC1. The molecule has 1 aliphatic rings. The van der Waals surface area contributed by atoms with E-state index in [2.05, 4.69) is 43.5 Å². The van der Waals surface area contributed by atoms with Crippen molar-refractivity contribution in [3.8, 4) is 0 Å². The van der Waals surface area contributed by atoms with Crippen molar-refractivity contribution in [2.75, 3.05) is 6.61 Å². The third kappa shape index (κ3) is 2.99. The molecular weight excluding hydrogens is 236 g/mol. The zero-order valence-corrected chi connectivity index (χ0v) is 12.3. The molecule has 0 bridgehead atoms. The summed E-state index contributed by atoms with van der Waals surface area (Å²) in [4.78, 5) is 0. The molecule has 19 heavy (non-hydrogen) atoms. The first-order valence-electron chi connectivity index (χ1n) is 7.29. The van der Waals surface area contributed by atoms with Crippen LogP contribution in [0.3, 0.4) is 0 Å². The molecule has 1 atom stereocenters. The van der Waals surface area contributed by atoms with Crippen LogP contribution < -0.4 is 11.3 Å². The first-order chi connectivity index (χ1) is 9.10. The number of benzene rings is 1. The standard InChI is InChI=1S/C16H26N2O/c1-4-19-16(2,3)15(18-17)14-11-6-5-10-13(14)12-8-7-9-12/h5-6,10-12,15,18H,4,7-9,17H2,1-3H3. The molecule has 1 fully saturated rings. The molecule has 0 heterocycles. The van der Waals surface area contributed by atoms with Gasteiger partial charge in [0.2, 0.25) is 0 Å². The molecule has 0 saturated heterocycles.